The van der Waals surface area contributed by atoms with Crippen LogP contribution in [0.5, 0.6) is 0 Å². The lowest BCUT2D eigenvalue weighted by molar-refractivity contribution is 0.0970. The minimum atomic E-state index is 0.198. The van der Waals surface area contributed by atoms with E-state index in [1.54, 1.807) is 0 Å². The van der Waals surface area contributed by atoms with Crippen LogP contribution in [0, 0.1) is 0 Å². The zero-order valence-corrected chi connectivity index (χ0v) is 11.6. The van der Waals surface area contributed by atoms with Gasteiger partial charge in [-0.3, -0.25) is 4.98 Å². The van der Waals surface area contributed by atoms with Crippen LogP contribution in [0.3, 0.4) is 0 Å². The van der Waals surface area contributed by atoms with E-state index in [-0.39, 0.29) is 6.04 Å². The van der Waals surface area contributed by atoms with E-state index in [4.69, 9.17) is 4.74 Å². The number of nitrogens with one attached hydrogen (secondary N) is 1. The van der Waals surface area contributed by atoms with Crippen LogP contribution in [0.15, 0.2) is 60.8 Å². The van der Waals surface area contributed by atoms with Gasteiger partial charge < -0.3 is 10.1 Å². The van der Waals surface area contributed by atoms with Crippen molar-refractivity contribution >= 4 is 16.6 Å². The fourth-order valence-corrected chi connectivity index (χ4v) is 2.87. The molecule has 1 N–H and O–H groups in total. The summed E-state index contributed by atoms with van der Waals surface area (Å²) in [6, 6.07) is 19.0. The molecule has 0 radical (unpaired) electrons. The molecule has 0 fully saturated rings. The van der Waals surface area contributed by atoms with E-state index in [0.717, 1.165) is 16.6 Å². The number of pyridine rings is 1. The van der Waals surface area contributed by atoms with E-state index in [2.05, 4.69) is 52.8 Å². The van der Waals surface area contributed by atoms with Crippen LogP contribution in [-0.4, -0.2) is 11.6 Å². The van der Waals surface area contributed by atoms with Crippen LogP contribution in [0.2, 0.25) is 0 Å². The molecule has 0 saturated carbocycles. The van der Waals surface area contributed by atoms with Crippen LogP contribution < -0.4 is 5.32 Å². The number of anilines is 1. The van der Waals surface area contributed by atoms with Gasteiger partial charge in [0.2, 0.25) is 0 Å². The number of hydrogen-bond acceptors (Lipinski definition) is 3. The highest BCUT2D eigenvalue weighted by Gasteiger charge is 2.19. The Hall–Kier alpha value is -2.39. The molecule has 1 aliphatic heterocycles. The molecule has 1 unspecified atom stereocenters. The quantitative estimate of drug-likeness (QED) is 0.770. The summed E-state index contributed by atoms with van der Waals surface area (Å²) in [4.78, 5) is 4.35. The monoisotopic (exact) mass is 276 g/mol. The highest BCUT2D eigenvalue weighted by molar-refractivity contribution is 5.82. The maximum absolute atomic E-state index is 5.69. The van der Waals surface area contributed by atoms with Crippen molar-refractivity contribution in [3.63, 3.8) is 0 Å². The molecule has 0 saturated heterocycles. The first-order valence-electron chi connectivity index (χ1n) is 7.17. The van der Waals surface area contributed by atoms with Crippen molar-refractivity contribution in [3.05, 3.63) is 71.9 Å². The lowest BCUT2D eigenvalue weighted by atomic mass is 9.99. The Morgan fingerprint density at radius 1 is 1.05 bits per heavy atom. The zero-order valence-electron chi connectivity index (χ0n) is 11.6. The molecule has 0 spiro atoms. The molecule has 21 heavy (non-hydrogen) atoms. The summed E-state index contributed by atoms with van der Waals surface area (Å²) < 4.78 is 5.69. The molecule has 3 heteroatoms. The third-order valence-electron chi connectivity index (χ3n) is 3.92. The van der Waals surface area contributed by atoms with Gasteiger partial charge in [0.15, 0.2) is 0 Å². The molecule has 3 nitrogen and oxygen atoms in total. The molecular weight excluding hydrogens is 260 g/mol. The topological polar surface area (TPSA) is 34.1 Å². The van der Waals surface area contributed by atoms with Gasteiger partial charge in [-0.15, -0.1) is 0 Å². The Labute approximate surface area is 123 Å². The lowest BCUT2D eigenvalue weighted by Crippen LogP contribution is -2.23. The minimum absolute atomic E-state index is 0.198. The predicted molar refractivity (Wildman–Crippen MR) is 84.2 cm³/mol. The summed E-state index contributed by atoms with van der Waals surface area (Å²) in [5, 5.41) is 4.72. The SMILES string of the molecule is c1ccc2c(c1)COCC2Nc1ccc2ncccc2c1. The third-order valence-corrected chi connectivity index (χ3v) is 3.92. The van der Waals surface area contributed by atoms with Gasteiger partial charge in [0.25, 0.3) is 0 Å². The molecule has 2 heterocycles. The van der Waals surface area contributed by atoms with E-state index < -0.39 is 0 Å². The van der Waals surface area contributed by atoms with Crippen LogP contribution in [0.4, 0.5) is 5.69 Å². The van der Waals surface area contributed by atoms with Gasteiger partial charge in [-0.05, 0) is 35.4 Å². The van der Waals surface area contributed by atoms with Gasteiger partial charge >= 0.3 is 0 Å². The number of fused-ring (bicyclic) bond motifs is 2. The van der Waals surface area contributed by atoms with Gasteiger partial charge in [0.1, 0.15) is 0 Å². The molecule has 1 aromatic heterocycles. The fraction of sp³-hybridized carbons (Fsp3) is 0.167. The Bertz CT molecular complexity index is 785. The van der Waals surface area contributed by atoms with Crippen molar-refractivity contribution in [2.75, 3.05) is 11.9 Å². The van der Waals surface area contributed by atoms with E-state index in [1.807, 2.05) is 18.3 Å². The Kier molecular flexibility index (Phi) is 3.05. The number of benzene rings is 2. The number of ether oxygens (including phenoxy) is 1. The second kappa shape index (κ2) is 5.19. The molecular formula is C18H16N2O. The smallest absolute Gasteiger partial charge is 0.0751 e. The molecule has 2 aromatic carbocycles. The van der Waals surface area contributed by atoms with E-state index >= 15 is 0 Å². The van der Waals surface area contributed by atoms with Gasteiger partial charge in [-0.2, -0.15) is 0 Å². The van der Waals surface area contributed by atoms with E-state index in [1.165, 1.54) is 11.1 Å². The van der Waals surface area contributed by atoms with Crippen molar-refractivity contribution in [2.45, 2.75) is 12.6 Å². The van der Waals surface area contributed by atoms with Crippen LogP contribution in [0.1, 0.15) is 17.2 Å². The largest absolute Gasteiger partial charge is 0.376 e. The molecule has 1 aliphatic rings. The Morgan fingerprint density at radius 3 is 3.00 bits per heavy atom. The predicted octanol–water partition coefficient (Wildman–Crippen LogP) is 3.92. The third kappa shape index (κ3) is 2.36. The molecule has 0 aliphatic carbocycles. The summed E-state index contributed by atoms with van der Waals surface area (Å²) in [7, 11) is 0. The van der Waals surface area contributed by atoms with Crippen molar-refractivity contribution < 1.29 is 4.74 Å². The number of hydrogen-bond donors (Lipinski definition) is 1. The van der Waals surface area contributed by atoms with Gasteiger partial charge in [-0.1, -0.05) is 30.3 Å². The summed E-state index contributed by atoms with van der Waals surface area (Å²) in [5.41, 5.74) is 4.71. The summed E-state index contributed by atoms with van der Waals surface area (Å²) in [6.07, 6.45) is 1.82. The summed E-state index contributed by atoms with van der Waals surface area (Å²) in [5.74, 6) is 0. The molecule has 4 rings (SSSR count). The first-order chi connectivity index (χ1) is 10.4. The van der Waals surface area contributed by atoms with E-state index in [9.17, 15) is 0 Å². The standard InChI is InChI=1S/C18H16N2O/c1-2-6-16-14(4-1)11-21-12-18(16)20-15-7-8-17-13(10-15)5-3-9-19-17/h1-10,18,20H,11-12H2. The Balaban J connectivity index is 1.66. The van der Waals surface area contributed by atoms with Gasteiger partial charge in [-0.25, -0.2) is 0 Å². The van der Waals surface area contributed by atoms with Crippen LogP contribution in [0.25, 0.3) is 10.9 Å². The Morgan fingerprint density at radius 2 is 2.00 bits per heavy atom. The second-order valence-corrected chi connectivity index (χ2v) is 5.32. The highest BCUT2D eigenvalue weighted by Crippen LogP contribution is 2.28. The first kappa shape index (κ1) is 12.4. The fourth-order valence-electron chi connectivity index (χ4n) is 2.87. The van der Waals surface area contributed by atoms with Crippen LogP contribution in [-0.2, 0) is 11.3 Å². The highest BCUT2D eigenvalue weighted by atomic mass is 16.5. The maximum atomic E-state index is 5.69. The van der Waals surface area contributed by atoms with Crippen molar-refractivity contribution in [3.8, 4) is 0 Å². The normalized spacial score (nSPS) is 17.4. The van der Waals surface area contributed by atoms with Gasteiger partial charge in [0, 0.05) is 17.3 Å². The van der Waals surface area contributed by atoms with Crippen LogP contribution >= 0.6 is 0 Å². The average molecular weight is 276 g/mol. The molecule has 1 atom stereocenters. The van der Waals surface area contributed by atoms with Crippen molar-refractivity contribution in [1.29, 1.82) is 0 Å². The average Bonchev–Trinajstić information content (AvgIpc) is 2.55. The maximum Gasteiger partial charge on any atom is 0.0751 e. The lowest BCUT2D eigenvalue weighted by Gasteiger charge is -2.27. The molecule has 0 bridgehead atoms. The van der Waals surface area contributed by atoms with Crippen molar-refractivity contribution in [2.24, 2.45) is 0 Å². The number of aromatic nitrogens is 1. The number of rotatable bonds is 2. The van der Waals surface area contributed by atoms with E-state index in [0.29, 0.717) is 13.2 Å². The summed E-state index contributed by atoms with van der Waals surface area (Å²) in [6.45, 7) is 1.40. The zero-order chi connectivity index (χ0) is 14.1. The van der Waals surface area contributed by atoms with Gasteiger partial charge in [0.05, 0.1) is 24.8 Å². The molecule has 3 aromatic rings. The molecule has 104 valence electrons. The first-order valence-corrected chi connectivity index (χ1v) is 7.17. The second-order valence-electron chi connectivity index (χ2n) is 5.32. The number of nitrogens with zero attached hydrogens (tertiary/aromatic N) is 1. The summed E-state index contributed by atoms with van der Waals surface area (Å²) >= 11 is 0. The minimum Gasteiger partial charge on any atom is -0.376 e. The molecule has 0 amide bonds. The van der Waals surface area contributed by atoms with Crippen molar-refractivity contribution in [1.82, 2.24) is 4.98 Å².